The van der Waals surface area contributed by atoms with Crippen molar-refractivity contribution in [3.63, 3.8) is 0 Å². The van der Waals surface area contributed by atoms with E-state index in [0.29, 0.717) is 0 Å². The van der Waals surface area contributed by atoms with E-state index < -0.39 is 55.9 Å². The second kappa shape index (κ2) is 7.10. The molecule has 19 heavy (non-hydrogen) atoms. The lowest BCUT2D eigenvalue weighted by Gasteiger charge is -2.25. The maximum Gasteiger partial charge on any atom is 0.249 e. The number of aliphatic hydroxyl groups excluding tert-OH is 5. The van der Waals surface area contributed by atoms with Gasteiger partial charge in [-0.25, -0.2) is 0 Å². The van der Waals surface area contributed by atoms with E-state index in [1.54, 1.807) is 0 Å². The number of amides is 1. The second-order valence-corrected chi connectivity index (χ2v) is 4.28. The van der Waals surface area contributed by atoms with Gasteiger partial charge in [0, 0.05) is 6.42 Å². The Morgan fingerprint density at radius 1 is 1.32 bits per heavy atom. The van der Waals surface area contributed by atoms with Gasteiger partial charge in [-0.1, -0.05) is 0 Å². The van der Waals surface area contributed by atoms with Crippen LogP contribution < -0.4 is 5.73 Å². The van der Waals surface area contributed by atoms with Crippen LogP contribution in [0, 0.1) is 0 Å². The fraction of sp³-hybridized carbons (Fsp3) is 0.900. The number of carbonyl (C=O) groups excluding carboxylic acids is 1. The molecule has 9 nitrogen and oxygen atoms in total. The summed E-state index contributed by atoms with van der Waals surface area (Å²) in [5.41, 5.74) is 4.97. The molecule has 7 N–H and O–H groups in total. The molecule has 4 unspecified atom stereocenters. The van der Waals surface area contributed by atoms with Gasteiger partial charge in [-0.3, -0.25) is 4.79 Å². The number of ether oxygens (including phenoxy) is 2. The van der Waals surface area contributed by atoms with Gasteiger partial charge >= 0.3 is 0 Å². The lowest BCUT2D eigenvalue weighted by molar-refractivity contribution is -0.218. The molecule has 0 aromatic heterocycles. The van der Waals surface area contributed by atoms with Crippen molar-refractivity contribution in [2.75, 3.05) is 13.2 Å². The van der Waals surface area contributed by atoms with Gasteiger partial charge in [0.1, 0.15) is 18.3 Å². The molecule has 0 aromatic rings. The number of nitrogens with two attached hydrogens (primary N) is 1. The molecule has 1 heterocycles. The van der Waals surface area contributed by atoms with Gasteiger partial charge in [-0.05, 0) is 0 Å². The third-order valence-corrected chi connectivity index (χ3v) is 2.86. The van der Waals surface area contributed by atoms with Crippen LogP contribution >= 0.6 is 0 Å². The summed E-state index contributed by atoms with van der Waals surface area (Å²) in [5.74, 6) is -0.925. The Morgan fingerprint density at radius 2 is 1.95 bits per heavy atom. The topological polar surface area (TPSA) is 163 Å². The third-order valence-electron chi connectivity index (χ3n) is 2.86. The molecule has 1 amide bonds. The molecule has 0 bridgehead atoms. The van der Waals surface area contributed by atoms with Gasteiger partial charge < -0.3 is 40.7 Å². The summed E-state index contributed by atoms with van der Waals surface area (Å²) in [4.78, 5) is 10.9. The lowest BCUT2D eigenvalue weighted by Crippen LogP contribution is -2.44. The minimum atomic E-state index is -1.52. The van der Waals surface area contributed by atoms with Crippen molar-refractivity contribution in [1.29, 1.82) is 0 Å². The zero-order valence-electron chi connectivity index (χ0n) is 10.1. The molecule has 0 saturated carbocycles. The van der Waals surface area contributed by atoms with Crippen LogP contribution in [0.15, 0.2) is 0 Å². The van der Waals surface area contributed by atoms with Gasteiger partial charge in [0.25, 0.3) is 0 Å². The summed E-state index contributed by atoms with van der Waals surface area (Å²) in [6.07, 6.45) is -8.39. The molecule has 9 heteroatoms. The fourth-order valence-electron chi connectivity index (χ4n) is 1.74. The van der Waals surface area contributed by atoms with Gasteiger partial charge in [0.05, 0.1) is 19.3 Å². The molecule has 0 spiro atoms. The molecule has 1 fully saturated rings. The molecule has 0 radical (unpaired) electrons. The van der Waals surface area contributed by atoms with E-state index >= 15 is 0 Å². The molecule has 0 aliphatic carbocycles. The lowest BCUT2D eigenvalue weighted by atomic mass is 10.0. The van der Waals surface area contributed by atoms with E-state index in [-0.39, 0.29) is 6.42 Å². The zero-order valence-corrected chi connectivity index (χ0v) is 10.1. The summed E-state index contributed by atoms with van der Waals surface area (Å²) in [6, 6.07) is 0. The largest absolute Gasteiger partial charge is 0.394 e. The van der Waals surface area contributed by atoms with E-state index in [9.17, 15) is 20.1 Å². The summed E-state index contributed by atoms with van der Waals surface area (Å²) < 4.78 is 10.2. The summed E-state index contributed by atoms with van der Waals surface area (Å²) in [7, 11) is 0. The predicted octanol–water partition coefficient (Wildman–Crippen LogP) is -3.96. The van der Waals surface area contributed by atoms with Gasteiger partial charge in [0.2, 0.25) is 5.91 Å². The highest BCUT2D eigenvalue weighted by Gasteiger charge is 2.39. The van der Waals surface area contributed by atoms with Crippen molar-refractivity contribution in [1.82, 2.24) is 0 Å². The van der Waals surface area contributed by atoms with Gasteiger partial charge in [-0.15, -0.1) is 0 Å². The highest BCUT2D eigenvalue weighted by molar-refractivity contribution is 5.78. The Morgan fingerprint density at radius 3 is 2.42 bits per heavy atom. The Balaban J connectivity index is 2.75. The number of carbonyl (C=O) groups is 1. The summed E-state index contributed by atoms with van der Waals surface area (Å²) in [5, 5.41) is 46.7. The van der Waals surface area contributed by atoms with E-state index in [1.807, 2.05) is 0 Å². The number of hydrogen-bond donors (Lipinski definition) is 6. The van der Waals surface area contributed by atoms with E-state index in [4.69, 9.17) is 25.4 Å². The standard InChI is InChI=1S/C10H19NO8/c11-10(17)6(3-13)19-7-1-4(14)8(15)9(16)5(2-12)18-7/h4-9,12-16H,1-3H2,(H2,11,17)/t4?,5?,6?,7-,8?,9+/m0/s1. The van der Waals surface area contributed by atoms with Crippen molar-refractivity contribution in [3.05, 3.63) is 0 Å². The van der Waals surface area contributed by atoms with E-state index in [2.05, 4.69) is 0 Å². The minimum Gasteiger partial charge on any atom is -0.394 e. The highest BCUT2D eigenvalue weighted by Crippen LogP contribution is 2.22. The van der Waals surface area contributed by atoms with Gasteiger partial charge in [-0.2, -0.15) is 0 Å². The normalized spacial score (nSPS) is 37.6. The van der Waals surface area contributed by atoms with Gasteiger partial charge in [0.15, 0.2) is 12.4 Å². The predicted molar refractivity (Wildman–Crippen MR) is 59.5 cm³/mol. The molecule has 0 aromatic carbocycles. The summed E-state index contributed by atoms with van der Waals surface area (Å²) >= 11 is 0. The first-order chi connectivity index (χ1) is 8.90. The number of primary amides is 1. The molecule has 1 saturated heterocycles. The highest BCUT2D eigenvalue weighted by atomic mass is 16.7. The average molecular weight is 281 g/mol. The van der Waals surface area contributed by atoms with Crippen LogP contribution in [0.2, 0.25) is 0 Å². The van der Waals surface area contributed by atoms with Crippen molar-refractivity contribution in [2.45, 2.75) is 43.2 Å². The molecule has 1 aliphatic heterocycles. The first kappa shape index (κ1) is 16.2. The maximum absolute atomic E-state index is 10.9. The van der Waals surface area contributed by atoms with Crippen molar-refractivity contribution in [2.24, 2.45) is 5.73 Å². The van der Waals surface area contributed by atoms with E-state index in [0.717, 1.165) is 0 Å². The Hall–Kier alpha value is -0.810. The Kier molecular flexibility index (Phi) is 6.07. The third kappa shape index (κ3) is 4.08. The average Bonchev–Trinajstić information content (AvgIpc) is 2.47. The quantitative estimate of drug-likeness (QED) is 0.297. The van der Waals surface area contributed by atoms with Crippen molar-refractivity contribution in [3.8, 4) is 0 Å². The van der Waals surface area contributed by atoms with Crippen LogP contribution in [0.3, 0.4) is 0 Å². The second-order valence-electron chi connectivity index (χ2n) is 4.28. The van der Waals surface area contributed by atoms with Crippen LogP contribution in [-0.4, -0.2) is 81.5 Å². The molecular weight excluding hydrogens is 262 g/mol. The Labute approximate surface area is 109 Å². The van der Waals surface area contributed by atoms with E-state index in [1.165, 1.54) is 0 Å². The SMILES string of the molecule is NC(=O)C(CO)O[C@H]1CC(O)C(O)[C@H](O)C(CO)O1. The van der Waals surface area contributed by atoms with Crippen LogP contribution in [0.25, 0.3) is 0 Å². The molecule has 1 rings (SSSR count). The van der Waals surface area contributed by atoms with Crippen LogP contribution in [0.1, 0.15) is 6.42 Å². The van der Waals surface area contributed by atoms with Crippen LogP contribution in [-0.2, 0) is 14.3 Å². The van der Waals surface area contributed by atoms with Crippen LogP contribution in [0.5, 0.6) is 0 Å². The number of hydrogen-bond acceptors (Lipinski definition) is 8. The Bertz CT molecular complexity index is 301. The molecule has 6 atom stereocenters. The van der Waals surface area contributed by atoms with Crippen molar-refractivity contribution >= 4 is 5.91 Å². The van der Waals surface area contributed by atoms with Crippen molar-refractivity contribution < 1.29 is 39.8 Å². The molecule has 1 aliphatic rings. The fourth-order valence-corrected chi connectivity index (χ4v) is 1.74. The number of rotatable bonds is 5. The first-order valence-corrected chi connectivity index (χ1v) is 5.76. The molecular formula is C10H19NO8. The maximum atomic E-state index is 10.9. The molecule has 112 valence electrons. The van der Waals surface area contributed by atoms with Crippen LogP contribution in [0.4, 0.5) is 0 Å². The summed E-state index contributed by atoms with van der Waals surface area (Å²) in [6.45, 7) is -1.30. The first-order valence-electron chi connectivity index (χ1n) is 5.76. The monoisotopic (exact) mass is 281 g/mol. The number of aliphatic hydroxyl groups is 5. The smallest absolute Gasteiger partial charge is 0.249 e. The zero-order chi connectivity index (χ0) is 14.6. The minimum absolute atomic E-state index is 0.251.